The van der Waals surface area contributed by atoms with E-state index in [1.807, 2.05) is 13.8 Å². The van der Waals surface area contributed by atoms with Gasteiger partial charge in [-0.1, -0.05) is 41.5 Å². The molecule has 0 heterocycles. The molecule has 0 saturated heterocycles. The van der Waals surface area contributed by atoms with Crippen LogP contribution in [-0.2, 0) is 4.79 Å². The summed E-state index contributed by atoms with van der Waals surface area (Å²) >= 11 is 0. The van der Waals surface area contributed by atoms with E-state index in [0.717, 1.165) is 19.3 Å². The Morgan fingerprint density at radius 2 is 1.62 bits per heavy atom. The summed E-state index contributed by atoms with van der Waals surface area (Å²) in [5, 5.41) is 3.25. The van der Waals surface area contributed by atoms with E-state index in [4.69, 9.17) is 0 Å². The van der Waals surface area contributed by atoms with Gasteiger partial charge >= 0.3 is 0 Å². The van der Waals surface area contributed by atoms with Crippen molar-refractivity contribution in [1.82, 2.24) is 5.32 Å². The fourth-order valence-electron chi connectivity index (χ4n) is 1.81. The lowest BCUT2D eigenvalue weighted by molar-refractivity contribution is -0.126. The first kappa shape index (κ1) is 15.5. The fourth-order valence-corrected chi connectivity index (χ4v) is 1.81. The normalized spacial score (nSPS) is 12.2. The zero-order valence-electron chi connectivity index (χ0n) is 11.9. The molecule has 0 aliphatic carbocycles. The second-order valence-electron chi connectivity index (χ2n) is 5.56. The summed E-state index contributed by atoms with van der Waals surface area (Å²) < 4.78 is 0. The minimum atomic E-state index is 0.0195. The summed E-state index contributed by atoms with van der Waals surface area (Å²) in [4.78, 5) is 11.8. The number of amides is 1. The van der Waals surface area contributed by atoms with E-state index >= 15 is 0 Å². The van der Waals surface area contributed by atoms with Crippen molar-refractivity contribution in [2.45, 2.75) is 72.8 Å². The Morgan fingerprint density at radius 1 is 1.12 bits per heavy atom. The van der Waals surface area contributed by atoms with Gasteiger partial charge in [-0.2, -0.15) is 0 Å². The Balaban J connectivity index is 4.49. The molecular weight excluding hydrogens is 198 g/mol. The third-order valence-corrected chi connectivity index (χ3v) is 3.47. The maximum absolute atomic E-state index is 11.8. The Labute approximate surface area is 101 Å². The molecule has 1 amide bonds. The Morgan fingerprint density at radius 3 is 1.94 bits per heavy atom. The van der Waals surface area contributed by atoms with Crippen LogP contribution < -0.4 is 5.32 Å². The van der Waals surface area contributed by atoms with Gasteiger partial charge in [-0.25, -0.2) is 0 Å². The molecule has 0 aliphatic rings. The van der Waals surface area contributed by atoms with Crippen LogP contribution in [0.2, 0.25) is 0 Å². The summed E-state index contributed by atoms with van der Waals surface area (Å²) in [7, 11) is 0. The van der Waals surface area contributed by atoms with Gasteiger partial charge in [-0.15, -0.1) is 0 Å². The molecule has 96 valence electrons. The summed E-state index contributed by atoms with van der Waals surface area (Å²) in [5.74, 6) is 0.970. The van der Waals surface area contributed by atoms with Gasteiger partial charge in [0.25, 0.3) is 0 Å². The fraction of sp³-hybridized carbons (Fsp3) is 0.929. The minimum absolute atomic E-state index is 0.0195. The van der Waals surface area contributed by atoms with Crippen molar-refractivity contribution in [2.75, 3.05) is 0 Å². The van der Waals surface area contributed by atoms with Crippen LogP contribution in [0.3, 0.4) is 0 Å². The molecule has 0 saturated carbocycles. The second-order valence-corrected chi connectivity index (χ2v) is 5.56. The highest BCUT2D eigenvalue weighted by molar-refractivity contribution is 5.78. The van der Waals surface area contributed by atoms with Crippen LogP contribution in [0.1, 0.15) is 67.2 Å². The lowest BCUT2D eigenvalue weighted by Crippen LogP contribution is -2.49. The van der Waals surface area contributed by atoms with Crippen molar-refractivity contribution in [3.8, 4) is 0 Å². The van der Waals surface area contributed by atoms with Gasteiger partial charge in [0.15, 0.2) is 0 Å². The van der Waals surface area contributed by atoms with Crippen LogP contribution in [0.15, 0.2) is 0 Å². The van der Waals surface area contributed by atoms with Gasteiger partial charge in [0.1, 0.15) is 0 Å². The van der Waals surface area contributed by atoms with Crippen molar-refractivity contribution in [1.29, 1.82) is 0 Å². The molecule has 0 aromatic heterocycles. The smallest absolute Gasteiger partial charge is 0.222 e. The van der Waals surface area contributed by atoms with E-state index in [1.54, 1.807) is 0 Å². The molecule has 16 heavy (non-hydrogen) atoms. The molecule has 1 N–H and O–H groups in total. The molecule has 0 radical (unpaired) electrons. The van der Waals surface area contributed by atoms with Crippen LogP contribution in [0.4, 0.5) is 0 Å². The lowest BCUT2D eigenvalue weighted by Gasteiger charge is -2.34. The van der Waals surface area contributed by atoms with Crippen LogP contribution in [0.5, 0.6) is 0 Å². The zero-order chi connectivity index (χ0) is 12.8. The Hall–Kier alpha value is -0.530. The SMILES string of the molecule is CCC(CC)(CCC(C)C)NC(=O)C(C)C. The van der Waals surface area contributed by atoms with E-state index in [9.17, 15) is 4.79 Å². The maximum atomic E-state index is 11.8. The molecule has 0 aliphatic heterocycles. The summed E-state index contributed by atoms with van der Waals surface area (Å²) in [6.07, 6.45) is 4.32. The van der Waals surface area contributed by atoms with E-state index in [2.05, 4.69) is 33.0 Å². The predicted molar refractivity (Wildman–Crippen MR) is 70.4 cm³/mol. The molecule has 0 unspecified atom stereocenters. The van der Waals surface area contributed by atoms with Gasteiger partial charge in [-0.3, -0.25) is 4.79 Å². The molecular formula is C14H29NO. The monoisotopic (exact) mass is 227 g/mol. The predicted octanol–water partition coefficient (Wildman–Crippen LogP) is 3.75. The molecule has 0 aromatic rings. The summed E-state index contributed by atoms with van der Waals surface area (Å²) in [6, 6.07) is 0. The first-order chi connectivity index (χ1) is 7.37. The second kappa shape index (κ2) is 6.93. The van der Waals surface area contributed by atoms with E-state index in [1.165, 1.54) is 6.42 Å². The molecule has 0 atom stereocenters. The van der Waals surface area contributed by atoms with Crippen molar-refractivity contribution < 1.29 is 4.79 Å². The molecule has 2 heteroatoms. The largest absolute Gasteiger partial charge is 0.350 e. The number of rotatable bonds is 7. The quantitative estimate of drug-likeness (QED) is 0.705. The third-order valence-electron chi connectivity index (χ3n) is 3.47. The minimum Gasteiger partial charge on any atom is -0.350 e. The van der Waals surface area contributed by atoms with E-state index < -0.39 is 0 Å². The topological polar surface area (TPSA) is 29.1 Å². The number of carbonyl (C=O) groups is 1. The lowest BCUT2D eigenvalue weighted by atomic mass is 9.85. The number of carbonyl (C=O) groups excluding carboxylic acids is 1. The van der Waals surface area contributed by atoms with Gasteiger partial charge in [-0.05, 0) is 31.6 Å². The molecule has 0 aromatic carbocycles. The first-order valence-corrected chi connectivity index (χ1v) is 6.69. The maximum Gasteiger partial charge on any atom is 0.222 e. The number of hydrogen-bond donors (Lipinski definition) is 1. The van der Waals surface area contributed by atoms with Gasteiger partial charge < -0.3 is 5.32 Å². The van der Waals surface area contributed by atoms with Crippen molar-refractivity contribution in [2.24, 2.45) is 11.8 Å². The molecule has 2 nitrogen and oxygen atoms in total. The first-order valence-electron chi connectivity index (χ1n) is 6.69. The van der Waals surface area contributed by atoms with Crippen molar-refractivity contribution >= 4 is 5.91 Å². The van der Waals surface area contributed by atoms with Crippen LogP contribution in [0, 0.1) is 11.8 Å². The zero-order valence-corrected chi connectivity index (χ0v) is 11.9. The summed E-state index contributed by atoms with van der Waals surface area (Å²) in [5.41, 5.74) is 0.0195. The van der Waals surface area contributed by atoms with Crippen molar-refractivity contribution in [3.63, 3.8) is 0 Å². The van der Waals surface area contributed by atoms with Crippen molar-refractivity contribution in [3.05, 3.63) is 0 Å². The van der Waals surface area contributed by atoms with E-state index in [-0.39, 0.29) is 17.4 Å². The third kappa shape index (κ3) is 5.00. The highest BCUT2D eigenvalue weighted by Gasteiger charge is 2.28. The van der Waals surface area contributed by atoms with Crippen LogP contribution in [-0.4, -0.2) is 11.4 Å². The average Bonchev–Trinajstić information content (AvgIpc) is 2.23. The van der Waals surface area contributed by atoms with Gasteiger partial charge in [0.05, 0.1) is 0 Å². The Kier molecular flexibility index (Phi) is 6.70. The van der Waals surface area contributed by atoms with Gasteiger partial charge in [0, 0.05) is 11.5 Å². The molecule has 0 rings (SSSR count). The number of hydrogen-bond acceptors (Lipinski definition) is 1. The van der Waals surface area contributed by atoms with Gasteiger partial charge in [0.2, 0.25) is 5.91 Å². The molecule has 0 bridgehead atoms. The number of nitrogens with one attached hydrogen (secondary N) is 1. The highest BCUT2D eigenvalue weighted by atomic mass is 16.2. The highest BCUT2D eigenvalue weighted by Crippen LogP contribution is 2.24. The summed E-state index contributed by atoms with van der Waals surface area (Å²) in [6.45, 7) is 12.7. The average molecular weight is 227 g/mol. The van der Waals surface area contributed by atoms with Crippen LogP contribution >= 0.6 is 0 Å². The Bertz CT molecular complexity index is 205. The molecule has 0 spiro atoms. The standard InChI is InChI=1S/C14H29NO/c1-7-14(8-2,10-9-11(3)4)15-13(16)12(5)6/h11-12H,7-10H2,1-6H3,(H,15,16). The molecule has 0 fully saturated rings. The van der Waals surface area contributed by atoms with E-state index in [0.29, 0.717) is 5.92 Å². The van der Waals surface area contributed by atoms with Crippen LogP contribution in [0.25, 0.3) is 0 Å².